The van der Waals surface area contributed by atoms with Gasteiger partial charge in [0, 0.05) is 16.8 Å². The fourth-order valence-electron chi connectivity index (χ4n) is 6.36. The summed E-state index contributed by atoms with van der Waals surface area (Å²) in [7, 11) is 0. The van der Waals surface area contributed by atoms with Crippen LogP contribution in [-0.2, 0) is 5.41 Å². The molecule has 0 spiro atoms. The van der Waals surface area contributed by atoms with Crippen LogP contribution in [-0.4, -0.2) is 0 Å². The van der Waals surface area contributed by atoms with Gasteiger partial charge < -0.3 is 20.9 Å². The number of rotatable bonds is 7. The number of ether oxygens (including phenoxy) is 2. The van der Waals surface area contributed by atoms with E-state index in [9.17, 15) is 0 Å². The summed E-state index contributed by atoms with van der Waals surface area (Å²) in [5.74, 6) is 3.86. The van der Waals surface area contributed by atoms with E-state index in [1.807, 2.05) is 48.5 Å². The van der Waals surface area contributed by atoms with Gasteiger partial charge in [0.15, 0.2) is 0 Å². The molecule has 1 aliphatic carbocycles. The number of benzene rings is 5. The summed E-state index contributed by atoms with van der Waals surface area (Å²) in [6.45, 7) is 4.27. The maximum absolute atomic E-state index is 6.24. The van der Waals surface area contributed by atoms with Crippen LogP contribution in [0.5, 0.6) is 23.0 Å². The highest BCUT2D eigenvalue weighted by Crippen LogP contribution is 2.50. The minimum absolute atomic E-state index is 0.0970. The third kappa shape index (κ3) is 5.71. The molecule has 4 nitrogen and oxygen atoms in total. The van der Waals surface area contributed by atoms with Crippen LogP contribution in [0.2, 0.25) is 0 Å². The lowest BCUT2D eigenvalue weighted by molar-refractivity contribution is 0.314. The largest absolute Gasteiger partial charge is 0.457 e. The maximum Gasteiger partial charge on any atom is 0.130 e. The zero-order chi connectivity index (χ0) is 29.1. The van der Waals surface area contributed by atoms with Crippen LogP contribution in [0.25, 0.3) is 0 Å². The summed E-state index contributed by atoms with van der Waals surface area (Å²) in [6.07, 6.45) is 4.41. The normalized spacial score (nSPS) is 14.8. The second-order valence-electron chi connectivity index (χ2n) is 11.6. The van der Waals surface area contributed by atoms with Crippen LogP contribution < -0.4 is 20.9 Å². The summed E-state index contributed by atoms with van der Waals surface area (Å²) in [6, 6.07) is 39.5. The van der Waals surface area contributed by atoms with E-state index in [0.717, 1.165) is 71.2 Å². The van der Waals surface area contributed by atoms with Gasteiger partial charge in [0.1, 0.15) is 23.0 Å². The molecule has 0 amide bonds. The molecule has 4 N–H and O–H groups in total. The Kier molecular flexibility index (Phi) is 7.62. The molecule has 0 heterocycles. The molecule has 212 valence electrons. The highest BCUT2D eigenvalue weighted by Gasteiger charge is 2.39. The van der Waals surface area contributed by atoms with Crippen molar-refractivity contribution in [3.8, 4) is 23.0 Å². The molecule has 0 aromatic heterocycles. The van der Waals surface area contributed by atoms with Crippen molar-refractivity contribution >= 4 is 11.4 Å². The Balaban J connectivity index is 1.33. The number of hydrogen-bond donors (Lipinski definition) is 2. The highest BCUT2D eigenvalue weighted by atomic mass is 16.5. The van der Waals surface area contributed by atoms with Crippen molar-refractivity contribution in [3.63, 3.8) is 0 Å². The third-order valence-electron chi connectivity index (χ3n) is 8.78. The van der Waals surface area contributed by atoms with Gasteiger partial charge in [0.05, 0.1) is 0 Å². The molecule has 42 heavy (non-hydrogen) atoms. The molecule has 0 aliphatic heterocycles. The van der Waals surface area contributed by atoms with Crippen molar-refractivity contribution in [2.24, 2.45) is 0 Å². The third-order valence-corrected chi connectivity index (χ3v) is 8.78. The fourth-order valence-corrected chi connectivity index (χ4v) is 6.36. The van der Waals surface area contributed by atoms with Gasteiger partial charge in [-0.3, -0.25) is 0 Å². The lowest BCUT2D eigenvalue weighted by Gasteiger charge is -2.42. The van der Waals surface area contributed by atoms with Crippen molar-refractivity contribution in [3.05, 3.63) is 143 Å². The Labute approximate surface area is 248 Å². The standard InChI is InChI=1S/C38H38N2O2/c1-26-24-30(8-18-36(26)41-34-14-10-32(39)11-15-34)38(22-20-29(21-23-38)28-6-4-3-5-7-28)31-9-19-37(27(2)25-31)42-35-16-12-33(40)13-17-35/h3-19,24-25,29H,20-23,39-40H2,1-2H3. The molecule has 1 saturated carbocycles. The van der Waals surface area contributed by atoms with Gasteiger partial charge in [-0.15, -0.1) is 0 Å². The van der Waals surface area contributed by atoms with Crippen LogP contribution in [0.4, 0.5) is 11.4 Å². The van der Waals surface area contributed by atoms with Gasteiger partial charge in [0.2, 0.25) is 0 Å². The Morgan fingerprint density at radius 2 is 1.02 bits per heavy atom. The van der Waals surface area contributed by atoms with E-state index < -0.39 is 0 Å². The molecule has 1 fully saturated rings. The van der Waals surface area contributed by atoms with E-state index in [0.29, 0.717) is 5.92 Å². The number of aryl methyl sites for hydroxylation is 2. The van der Waals surface area contributed by atoms with Crippen molar-refractivity contribution in [2.75, 3.05) is 11.5 Å². The smallest absolute Gasteiger partial charge is 0.130 e. The van der Waals surface area contributed by atoms with E-state index in [-0.39, 0.29) is 5.41 Å². The van der Waals surface area contributed by atoms with Crippen molar-refractivity contribution in [1.82, 2.24) is 0 Å². The molecule has 6 rings (SSSR count). The number of nitrogens with two attached hydrogens (primary N) is 2. The molecule has 0 atom stereocenters. The minimum atomic E-state index is -0.0970. The lowest BCUT2D eigenvalue weighted by atomic mass is 9.62. The molecule has 0 saturated heterocycles. The first kappa shape index (κ1) is 27.5. The van der Waals surface area contributed by atoms with Crippen LogP contribution in [0.3, 0.4) is 0 Å². The first-order chi connectivity index (χ1) is 20.4. The zero-order valence-electron chi connectivity index (χ0n) is 24.3. The van der Waals surface area contributed by atoms with Gasteiger partial charge in [-0.2, -0.15) is 0 Å². The summed E-state index contributed by atoms with van der Waals surface area (Å²) in [5, 5.41) is 0. The molecule has 1 aliphatic rings. The quantitative estimate of drug-likeness (QED) is 0.196. The van der Waals surface area contributed by atoms with Crippen LogP contribution in [0, 0.1) is 13.8 Å². The summed E-state index contributed by atoms with van der Waals surface area (Å²) < 4.78 is 12.5. The van der Waals surface area contributed by atoms with Gasteiger partial charge in [-0.1, -0.05) is 54.6 Å². The van der Waals surface area contributed by atoms with Crippen molar-refractivity contribution < 1.29 is 9.47 Å². The summed E-state index contributed by atoms with van der Waals surface area (Å²) >= 11 is 0. The minimum Gasteiger partial charge on any atom is -0.457 e. The topological polar surface area (TPSA) is 70.5 Å². The number of nitrogen functional groups attached to an aromatic ring is 2. The van der Waals surface area contributed by atoms with Crippen molar-refractivity contribution in [1.29, 1.82) is 0 Å². The van der Waals surface area contributed by atoms with E-state index in [1.165, 1.54) is 16.7 Å². The molecule has 0 unspecified atom stereocenters. The van der Waals surface area contributed by atoms with E-state index >= 15 is 0 Å². The predicted molar refractivity (Wildman–Crippen MR) is 173 cm³/mol. The monoisotopic (exact) mass is 554 g/mol. The second-order valence-corrected chi connectivity index (χ2v) is 11.6. The van der Waals surface area contributed by atoms with Crippen LogP contribution in [0.15, 0.2) is 115 Å². The molecule has 5 aromatic rings. The Morgan fingerprint density at radius 1 is 0.571 bits per heavy atom. The zero-order valence-corrected chi connectivity index (χ0v) is 24.3. The Hall–Kier alpha value is -4.70. The molecule has 0 bridgehead atoms. The maximum atomic E-state index is 6.24. The average molecular weight is 555 g/mol. The fraction of sp³-hybridized carbons (Fsp3) is 0.211. The van der Waals surface area contributed by atoms with E-state index in [1.54, 1.807) is 0 Å². The number of hydrogen-bond acceptors (Lipinski definition) is 4. The molecule has 4 heteroatoms. The first-order valence-electron chi connectivity index (χ1n) is 14.7. The van der Waals surface area contributed by atoms with Crippen LogP contribution >= 0.6 is 0 Å². The Bertz CT molecular complexity index is 1550. The second kappa shape index (κ2) is 11.7. The van der Waals surface area contributed by atoms with E-state index in [2.05, 4.69) is 80.6 Å². The van der Waals surface area contributed by atoms with Gasteiger partial charge >= 0.3 is 0 Å². The SMILES string of the molecule is Cc1cc(C2(c3ccc(Oc4ccc(N)cc4)c(C)c3)CCC(c3ccccc3)CC2)ccc1Oc1ccc(N)cc1. The molecule has 5 aromatic carbocycles. The average Bonchev–Trinajstić information content (AvgIpc) is 3.02. The van der Waals surface area contributed by atoms with Crippen LogP contribution in [0.1, 0.15) is 59.4 Å². The van der Waals surface area contributed by atoms with Gasteiger partial charge in [-0.25, -0.2) is 0 Å². The summed E-state index contributed by atoms with van der Waals surface area (Å²) in [4.78, 5) is 0. The van der Waals surface area contributed by atoms with Gasteiger partial charge in [-0.05, 0) is 134 Å². The van der Waals surface area contributed by atoms with E-state index in [4.69, 9.17) is 20.9 Å². The highest BCUT2D eigenvalue weighted by molar-refractivity contribution is 5.51. The predicted octanol–water partition coefficient (Wildman–Crippen LogP) is 9.70. The molecular formula is C38H38N2O2. The first-order valence-corrected chi connectivity index (χ1v) is 14.7. The van der Waals surface area contributed by atoms with Gasteiger partial charge in [0.25, 0.3) is 0 Å². The lowest BCUT2D eigenvalue weighted by Crippen LogP contribution is -2.33. The summed E-state index contributed by atoms with van der Waals surface area (Å²) in [5.41, 5.74) is 19.4. The van der Waals surface area contributed by atoms with Crippen molar-refractivity contribution in [2.45, 2.75) is 50.9 Å². The number of anilines is 2. The Morgan fingerprint density at radius 3 is 1.45 bits per heavy atom. The molecular weight excluding hydrogens is 516 g/mol. The molecule has 0 radical (unpaired) electrons.